The van der Waals surface area contributed by atoms with Crippen LogP contribution >= 0.6 is 0 Å². The lowest BCUT2D eigenvalue weighted by Crippen LogP contribution is -2.18. The van der Waals surface area contributed by atoms with Gasteiger partial charge < -0.3 is 10.4 Å². The van der Waals surface area contributed by atoms with Crippen molar-refractivity contribution in [3.8, 4) is 0 Å². The van der Waals surface area contributed by atoms with Gasteiger partial charge in [0.1, 0.15) is 12.2 Å². The second-order valence-corrected chi connectivity index (χ2v) is 3.86. The number of aliphatic hydroxyl groups excluding tert-OH is 1. The molecule has 0 aliphatic carbocycles. The summed E-state index contributed by atoms with van der Waals surface area (Å²) in [5.74, 6) is 1.00. The topological polar surface area (TPSA) is 63.0 Å². The van der Waals surface area contributed by atoms with Crippen LogP contribution in [-0.4, -0.2) is 33.0 Å². The van der Waals surface area contributed by atoms with Crippen molar-refractivity contribution in [2.45, 2.75) is 45.7 Å². The first kappa shape index (κ1) is 13.1. The Morgan fingerprint density at radius 2 is 2.25 bits per heavy atom. The van der Waals surface area contributed by atoms with Gasteiger partial charge in [0, 0.05) is 13.2 Å². The summed E-state index contributed by atoms with van der Waals surface area (Å²) >= 11 is 0. The third-order valence-electron chi connectivity index (χ3n) is 2.43. The van der Waals surface area contributed by atoms with Crippen LogP contribution in [0.2, 0.25) is 0 Å². The van der Waals surface area contributed by atoms with E-state index in [2.05, 4.69) is 22.3 Å². The van der Waals surface area contributed by atoms with E-state index >= 15 is 0 Å². The summed E-state index contributed by atoms with van der Waals surface area (Å²) < 4.78 is 1.95. The van der Waals surface area contributed by atoms with Crippen LogP contribution in [0.25, 0.3) is 0 Å². The van der Waals surface area contributed by atoms with Gasteiger partial charge in [-0.2, -0.15) is 5.10 Å². The summed E-state index contributed by atoms with van der Waals surface area (Å²) in [4.78, 5) is 4.22. The van der Waals surface area contributed by atoms with Crippen molar-refractivity contribution >= 4 is 0 Å². The maximum atomic E-state index is 8.63. The number of hydrogen-bond acceptors (Lipinski definition) is 4. The molecule has 0 saturated carbocycles. The van der Waals surface area contributed by atoms with Gasteiger partial charge in [-0.3, -0.25) is 0 Å². The molecule has 1 aromatic rings. The maximum Gasteiger partial charge on any atom is 0.140 e. The molecule has 5 heteroatoms. The molecular weight excluding hydrogens is 204 g/mol. The zero-order valence-electron chi connectivity index (χ0n) is 10.0. The lowest BCUT2D eigenvalue weighted by molar-refractivity contribution is 0.282. The van der Waals surface area contributed by atoms with Crippen molar-refractivity contribution in [3.05, 3.63) is 12.2 Å². The largest absolute Gasteiger partial charge is 0.396 e. The highest BCUT2D eigenvalue weighted by atomic mass is 16.2. The lowest BCUT2D eigenvalue weighted by Gasteiger charge is -2.05. The van der Waals surface area contributed by atoms with E-state index in [-0.39, 0.29) is 0 Å². The molecule has 0 amide bonds. The second kappa shape index (κ2) is 8.24. The van der Waals surface area contributed by atoms with Gasteiger partial charge in [0.25, 0.3) is 0 Å². The van der Waals surface area contributed by atoms with Crippen molar-refractivity contribution < 1.29 is 5.11 Å². The van der Waals surface area contributed by atoms with Gasteiger partial charge in [0.15, 0.2) is 0 Å². The van der Waals surface area contributed by atoms with Crippen LogP contribution in [0.3, 0.4) is 0 Å². The van der Waals surface area contributed by atoms with Crippen LogP contribution < -0.4 is 5.32 Å². The predicted molar refractivity (Wildman–Crippen MR) is 63.0 cm³/mol. The Bertz CT molecular complexity index is 275. The zero-order chi connectivity index (χ0) is 11.6. The molecule has 5 nitrogen and oxygen atoms in total. The number of unbranched alkanes of at least 4 members (excludes halogenated alkanes) is 2. The van der Waals surface area contributed by atoms with Crippen molar-refractivity contribution in [1.29, 1.82) is 0 Å². The third-order valence-corrected chi connectivity index (χ3v) is 2.43. The Labute approximate surface area is 96.9 Å². The van der Waals surface area contributed by atoms with E-state index in [1.165, 1.54) is 0 Å². The standard InChI is InChI=1S/C11H22N4O/c1-2-7-15-11(13-10-14-15)9-12-6-4-3-5-8-16/h10,12,16H,2-9H2,1H3. The van der Waals surface area contributed by atoms with E-state index in [9.17, 15) is 0 Å². The molecule has 0 fully saturated rings. The van der Waals surface area contributed by atoms with Gasteiger partial charge >= 0.3 is 0 Å². The van der Waals surface area contributed by atoms with Crippen LogP contribution in [0.5, 0.6) is 0 Å². The molecular formula is C11H22N4O. The molecule has 1 heterocycles. The molecule has 0 unspecified atom stereocenters. The highest BCUT2D eigenvalue weighted by Gasteiger charge is 2.01. The molecule has 0 spiro atoms. The Morgan fingerprint density at radius 1 is 1.38 bits per heavy atom. The van der Waals surface area contributed by atoms with Crippen LogP contribution in [-0.2, 0) is 13.1 Å². The number of hydrogen-bond donors (Lipinski definition) is 2. The molecule has 0 aromatic carbocycles. The summed E-state index contributed by atoms with van der Waals surface area (Å²) in [5, 5.41) is 16.1. The number of aromatic nitrogens is 3. The molecule has 0 saturated heterocycles. The zero-order valence-corrected chi connectivity index (χ0v) is 10.0. The summed E-state index contributed by atoms with van der Waals surface area (Å²) in [7, 11) is 0. The first-order valence-corrected chi connectivity index (χ1v) is 6.06. The van der Waals surface area contributed by atoms with Crippen LogP contribution in [0, 0.1) is 0 Å². The number of aryl methyl sites for hydroxylation is 1. The third kappa shape index (κ3) is 4.72. The van der Waals surface area contributed by atoms with Crippen molar-refractivity contribution in [1.82, 2.24) is 20.1 Å². The maximum absolute atomic E-state index is 8.63. The summed E-state index contributed by atoms with van der Waals surface area (Å²) in [6, 6.07) is 0. The molecule has 16 heavy (non-hydrogen) atoms. The van der Waals surface area contributed by atoms with Crippen molar-refractivity contribution in [3.63, 3.8) is 0 Å². The van der Waals surface area contributed by atoms with E-state index in [0.717, 1.165) is 51.1 Å². The fraction of sp³-hybridized carbons (Fsp3) is 0.818. The predicted octanol–water partition coefficient (Wildman–Crippen LogP) is 0.940. The van der Waals surface area contributed by atoms with Gasteiger partial charge in [-0.15, -0.1) is 0 Å². The molecule has 2 N–H and O–H groups in total. The van der Waals surface area contributed by atoms with Gasteiger partial charge in [0.05, 0.1) is 6.54 Å². The smallest absolute Gasteiger partial charge is 0.140 e. The minimum atomic E-state index is 0.296. The molecule has 1 aromatic heterocycles. The quantitative estimate of drug-likeness (QED) is 0.615. The van der Waals surface area contributed by atoms with Gasteiger partial charge in [-0.25, -0.2) is 9.67 Å². The molecule has 0 atom stereocenters. The van der Waals surface area contributed by atoms with Gasteiger partial charge in [-0.05, 0) is 32.2 Å². The van der Waals surface area contributed by atoms with E-state index in [4.69, 9.17) is 5.11 Å². The highest BCUT2D eigenvalue weighted by molar-refractivity contribution is 4.83. The van der Waals surface area contributed by atoms with E-state index in [1.807, 2.05) is 4.68 Å². The van der Waals surface area contributed by atoms with Crippen LogP contribution in [0.15, 0.2) is 6.33 Å². The molecule has 0 bridgehead atoms. The Balaban J connectivity index is 2.13. The SMILES string of the molecule is CCCn1ncnc1CNCCCCCO. The molecule has 0 aliphatic rings. The van der Waals surface area contributed by atoms with E-state index < -0.39 is 0 Å². The average molecular weight is 226 g/mol. The summed E-state index contributed by atoms with van der Waals surface area (Å²) in [6.07, 6.45) is 5.76. The molecule has 1 rings (SSSR count). The van der Waals surface area contributed by atoms with Crippen LogP contribution in [0.4, 0.5) is 0 Å². The minimum Gasteiger partial charge on any atom is -0.396 e. The lowest BCUT2D eigenvalue weighted by atomic mass is 10.2. The fourth-order valence-electron chi connectivity index (χ4n) is 1.56. The number of nitrogens with zero attached hydrogens (tertiary/aromatic N) is 3. The average Bonchev–Trinajstić information content (AvgIpc) is 2.72. The minimum absolute atomic E-state index is 0.296. The van der Waals surface area contributed by atoms with Crippen LogP contribution in [0.1, 0.15) is 38.4 Å². The van der Waals surface area contributed by atoms with Gasteiger partial charge in [-0.1, -0.05) is 6.92 Å². The number of nitrogens with one attached hydrogen (secondary N) is 1. The molecule has 0 aliphatic heterocycles. The first-order valence-electron chi connectivity index (χ1n) is 6.06. The number of aliphatic hydroxyl groups is 1. The van der Waals surface area contributed by atoms with E-state index in [1.54, 1.807) is 6.33 Å². The Morgan fingerprint density at radius 3 is 3.00 bits per heavy atom. The first-order chi connectivity index (χ1) is 7.88. The Hall–Kier alpha value is -0.940. The number of rotatable bonds is 9. The normalized spacial score (nSPS) is 10.9. The monoisotopic (exact) mass is 226 g/mol. The van der Waals surface area contributed by atoms with Crippen molar-refractivity contribution in [2.24, 2.45) is 0 Å². The molecule has 0 radical (unpaired) electrons. The summed E-state index contributed by atoms with van der Waals surface area (Å²) in [5.41, 5.74) is 0. The Kier molecular flexibility index (Phi) is 6.76. The van der Waals surface area contributed by atoms with Crippen molar-refractivity contribution in [2.75, 3.05) is 13.2 Å². The summed E-state index contributed by atoms with van der Waals surface area (Å²) in [6.45, 7) is 5.11. The van der Waals surface area contributed by atoms with Gasteiger partial charge in [0.2, 0.25) is 0 Å². The van der Waals surface area contributed by atoms with E-state index in [0.29, 0.717) is 6.61 Å². The fourth-order valence-corrected chi connectivity index (χ4v) is 1.56. The molecule has 92 valence electrons. The second-order valence-electron chi connectivity index (χ2n) is 3.86. The highest BCUT2D eigenvalue weighted by Crippen LogP contribution is 1.96.